The van der Waals surface area contributed by atoms with Crippen molar-refractivity contribution in [3.05, 3.63) is 0 Å². The summed E-state index contributed by atoms with van der Waals surface area (Å²) in [7, 11) is -2.76. The van der Waals surface area contributed by atoms with Crippen LogP contribution in [-0.2, 0) is 22.8 Å². The van der Waals surface area contributed by atoms with E-state index in [-0.39, 0.29) is 17.6 Å². The largest absolute Gasteiger partial charge is 0.503 e. The lowest BCUT2D eigenvalue weighted by molar-refractivity contribution is -0.000756. The second-order valence-electron chi connectivity index (χ2n) is 6.92. The van der Waals surface area contributed by atoms with E-state index in [4.69, 9.17) is 22.8 Å². The second kappa shape index (κ2) is 11.7. The molecule has 0 aromatic heterocycles. The molecule has 6 heteroatoms. The Bertz CT molecular complexity index is 330. The van der Waals surface area contributed by atoms with Crippen LogP contribution in [0.2, 0.25) is 6.04 Å². The van der Waals surface area contributed by atoms with E-state index in [9.17, 15) is 0 Å². The first-order valence-corrected chi connectivity index (χ1v) is 12.1. The molecule has 2 atom stereocenters. The van der Waals surface area contributed by atoms with Crippen LogP contribution in [-0.4, -0.2) is 54.0 Å². The van der Waals surface area contributed by atoms with E-state index in [0.29, 0.717) is 32.5 Å². The Morgan fingerprint density at radius 2 is 1.52 bits per heavy atom. The molecular weight excluding hydrogens is 336 g/mol. The summed E-state index contributed by atoms with van der Waals surface area (Å²) in [5, 5.41) is 0. The van der Waals surface area contributed by atoms with Crippen molar-refractivity contribution in [2.24, 2.45) is 5.41 Å². The Morgan fingerprint density at radius 3 is 1.92 bits per heavy atom. The third-order valence-corrected chi connectivity index (χ3v) is 8.43. The van der Waals surface area contributed by atoms with Gasteiger partial charge in [0.15, 0.2) is 0 Å². The number of ether oxygens (including phenoxy) is 2. The van der Waals surface area contributed by atoms with Crippen molar-refractivity contribution in [3.8, 4) is 0 Å². The van der Waals surface area contributed by atoms with Crippen LogP contribution >= 0.6 is 0 Å². The van der Waals surface area contributed by atoms with Crippen molar-refractivity contribution in [1.29, 1.82) is 0 Å². The molecule has 1 saturated heterocycles. The predicted octanol–water partition coefficient (Wildman–Crippen LogP) is 4.43. The minimum atomic E-state index is -2.76. The maximum absolute atomic E-state index is 6.49. The minimum Gasteiger partial charge on any atom is -0.375 e. The lowest BCUT2D eigenvalue weighted by Crippen LogP contribution is -2.50. The van der Waals surface area contributed by atoms with Crippen molar-refractivity contribution in [2.75, 3.05) is 33.0 Å². The summed E-state index contributed by atoms with van der Waals surface area (Å²) in [6.45, 7) is 16.3. The Kier molecular flexibility index (Phi) is 10.8. The van der Waals surface area contributed by atoms with Crippen LogP contribution in [0.5, 0.6) is 0 Å². The first-order chi connectivity index (χ1) is 12.0. The Labute approximate surface area is 156 Å². The number of hydrogen-bond acceptors (Lipinski definition) is 5. The zero-order chi connectivity index (χ0) is 18.8. The highest BCUT2D eigenvalue weighted by Crippen LogP contribution is 2.33. The van der Waals surface area contributed by atoms with Gasteiger partial charge in [-0.3, -0.25) is 0 Å². The lowest BCUT2D eigenvalue weighted by Gasteiger charge is -2.37. The fourth-order valence-electron chi connectivity index (χ4n) is 3.07. The highest BCUT2D eigenvalue weighted by molar-refractivity contribution is 6.60. The molecule has 0 amide bonds. The first-order valence-electron chi connectivity index (χ1n) is 10.2. The standard InChI is InChI=1S/C19H40O5Si/c1-7-17(20-13-18-14-21-18)15-25(22-11-5,23-12-6)24-16-19(8-2,9-3)10-4/h17-18H,7-16H2,1-6H3. The van der Waals surface area contributed by atoms with Crippen LogP contribution in [0.4, 0.5) is 0 Å². The van der Waals surface area contributed by atoms with Crippen molar-refractivity contribution in [2.45, 2.75) is 85.5 Å². The second-order valence-corrected chi connectivity index (χ2v) is 9.56. The maximum Gasteiger partial charge on any atom is 0.503 e. The average Bonchev–Trinajstić information content (AvgIpc) is 3.45. The molecule has 0 aromatic rings. The molecule has 0 radical (unpaired) electrons. The molecule has 0 spiro atoms. The number of rotatable bonds is 16. The van der Waals surface area contributed by atoms with E-state index >= 15 is 0 Å². The van der Waals surface area contributed by atoms with Gasteiger partial charge in [0.2, 0.25) is 0 Å². The SMILES string of the molecule is CCO[Si](CC(CC)OCC1CO1)(OCC)OCC(CC)(CC)CC. The molecule has 0 aromatic carbocycles. The highest BCUT2D eigenvalue weighted by atomic mass is 28.4. The van der Waals surface area contributed by atoms with Gasteiger partial charge in [-0.1, -0.05) is 27.7 Å². The van der Waals surface area contributed by atoms with Gasteiger partial charge in [0.25, 0.3) is 0 Å². The normalized spacial score (nSPS) is 19.2. The summed E-state index contributed by atoms with van der Waals surface area (Å²) in [5.41, 5.74) is 0.205. The van der Waals surface area contributed by atoms with Gasteiger partial charge in [-0.05, 0) is 44.9 Å². The minimum absolute atomic E-state index is 0.0910. The van der Waals surface area contributed by atoms with Crippen molar-refractivity contribution >= 4 is 8.80 Å². The van der Waals surface area contributed by atoms with E-state index in [0.717, 1.165) is 32.3 Å². The molecule has 1 aliphatic heterocycles. The summed E-state index contributed by atoms with van der Waals surface area (Å²) in [4.78, 5) is 0. The van der Waals surface area contributed by atoms with E-state index < -0.39 is 8.80 Å². The van der Waals surface area contributed by atoms with Crippen LogP contribution in [0.1, 0.15) is 67.2 Å². The van der Waals surface area contributed by atoms with Gasteiger partial charge in [-0.2, -0.15) is 0 Å². The molecule has 0 saturated carbocycles. The zero-order valence-corrected chi connectivity index (χ0v) is 18.3. The Hall–Kier alpha value is 0.0169. The fraction of sp³-hybridized carbons (Fsp3) is 1.00. The molecule has 0 aliphatic carbocycles. The van der Waals surface area contributed by atoms with Gasteiger partial charge in [0.1, 0.15) is 6.10 Å². The molecule has 150 valence electrons. The summed E-state index contributed by atoms with van der Waals surface area (Å²) >= 11 is 0. The highest BCUT2D eigenvalue weighted by Gasteiger charge is 2.45. The maximum atomic E-state index is 6.49. The molecule has 2 unspecified atom stereocenters. The molecule has 0 N–H and O–H groups in total. The van der Waals surface area contributed by atoms with E-state index in [1.165, 1.54) is 0 Å². The molecule has 1 aliphatic rings. The summed E-state index contributed by atoms with van der Waals surface area (Å²) < 4.78 is 30.1. The van der Waals surface area contributed by atoms with Gasteiger partial charge in [-0.15, -0.1) is 0 Å². The van der Waals surface area contributed by atoms with E-state index in [2.05, 4.69) is 27.7 Å². The quantitative estimate of drug-likeness (QED) is 0.295. The average molecular weight is 377 g/mol. The van der Waals surface area contributed by atoms with Crippen LogP contribution in [0, 0.1) is 5.41 Å². The van der Waals surface area contributed by atoms with Crippen LogP contribution in [0.3, 0.4) is 0 Å². The molecule has 1 heterocycles. The van der Waals surface area contributed by atoms with Gasteiger partial charge >= 0.3 is 8.80 Å². The molecular formula is C19H40O5Si. The van der Waals surface area contributed by atoms with Crippen LogP contribution < -0.4 is 0 Å². The van der Waals surface area contributed by atoms with Crippen molar-refractivity contribution in [1.82, 2.24) is 0 Å². The molecule has 0 bridgehead atoms. The zero-order valence-electron chi connectivity index (χ0n) is 17.3. The summed E-state index contributed by atoms with van der Waals surface area (Å²) in [5.74, 6) is 0. The van der Waals surface area contributed by atoms with Gasteiger partial charge in [0.05, 0.1) is 19.3 Å². The van der Waals surface area contributed by atoms with Crippen molar-refractivity contribution < 1.29 is 22.8 Å². The van der Waals surface area contributed by atoms with Crippen LogP contribution in [0.15, 0.2) is 0 Å². The third kappa shape index (κ3) is 7.65. The Balaban J connectivity index is 2.78. The van der Waals surface area contributed by atoms with E-state index in [1.807, 2.05) is 13.8 Å². The number of epoxide rings is 1. The van der Waals surface area contributed by atoms with Gasteiger partial charge in [0, 0.05) is 25.9 Å². The monoisotopic (exact) mass is 376 g/mol. The molecule has 25 heavy (non-hydrogen) atoms. The van der Waals surface area contributed by atoms with E-state index in [1.54, 1.807) is 0 Å². The topological polar surface area (TPSA) is 49.5 Å². The third-order valence-electron chi connectivity index (χ3n) is 5.43. The summed E-state index contributed by atoms with van der Waals surface area (Å²) in [6.07, 6.45) is 4.61. The molecule has 1 rings (SSSR count). The summed E-state index contributed by atoms with van der Waals surface area (Å²) in [6, 6.07) is 0.713. The van der Waals surface area contributed by atoms with Crippen LogP contribution in [0.25, 0.3) is 0 Å². The predicted molar refractivity (Wildman–Crippen MR) is 103 cm³/mol. The molecule has 5 nitrogen and oxygen atoms in total. The fourth-order valence-corrected chi connectivity index (χ4v) is 6.04. The van der Waals surface area contributed by atoms with Crippen molar-refractivity contribution in [3.63, 3.8) is 0 Å². The smallest absolute Gasteiger partial charge is 0.375 e. The lowest BCUT2D eigenvalue weighted by atomic mass is 9.81. The number of hydrogen-bond donors (Lipinski definition) is 0. The Morgan fingerprint density at radius 1 is 0.960 bits per heavy atom. The van der Waals surface area contributed by atoms with Gasteiger partial charge < -0.3 is 22.8 Å². The van der Waals surface area contributed by atoms with Gasteiger partial charge in [-0.25, -0.2) is 0 Å². The first kappa shape index (κ1) is 23.1. The molecule has 1 fully saturated rings.